The Bertz CT molecular complexity index is 1070. The third-order valence-electron chi connectivity index (χ3n) is 4.45. The predicted octanol–water partition coefficient (Wildman–Crippen LogP) is 3.49. The lowest BCUT2D eigenvalue weighted by Gasteiger charge is -2.19. The van der Waals surface area contributed by atoms with Gasteiger partial charge in [0.2, 0.25) is 21.7 Å². The van der Waals surface area contributed by atoms with Crippen LogP contribution in [0, 0.1) is 20.8 Å². The molecule has 3 aromatic rings. The van der Waals surface area contributed by atoms with E-state index in [1.54, 1.807) is 33.1 Å². The van der Waals surface area contributed by atoms with E-state index in [1.807, 2.05) is 31.2 Å². The maximum atomic E-state index is 13.1. The zero-order chi connectivity index (χ0) is 20.5. The Morgan fingerprint density at radius 3 is 2.25 bits per heavy atom. The molecule has 0 atom stereocenters. The molecule has 148 valence electrons. The summed E-state index contributed by atoms with van der Waals surface area (Å²) in [5, 5.41) is 3.95. The Balaban J connectivity index is 1.83. The van der Waals surface area contributed by atoms with Crippen LogP contribution in [-0.2, 0) is 16.6 Å². The second kappa shape index (κ2) is 7.73. The van der Waals surface area contributed by atoms with Gasteiger partial charge in [-0.25, -0.2) is 8.42 Å². The standard InChI is InChI=1S/C20H23N3O4S/c1-13-10-14(2)19(15(3)11-13)28(24,25)23(4)12-18-21-20(22-27-18)16-6-8-17(26-5)9-7-16/h6-11H,12H2,1-5H3. The van der Waals surface area contributed by atoms with Gasteiger partial charge in [-0.1, -0.05) is 22.9 Å². The number of sulfonamides is 1. The number of aromatic nitrogens is 2. The van der Waals surface area contributed by atoms with Crippen LogP contribution in [0.15, 0.2) is 45.8 Å². The summed E-state index contributed by atoms with van der Waals surface area (Å²) in [6.45, 7) is 5.53. The highest BCUT2D eigenvalue weighted by Crippen LogP contribution is 2.26. The van der Waals surface area contributed by atoms with Crippen LogP contribution in [0.1, 0.15) is 22.6 Å². The molecular weight excluding hydrogens is 378 g/mol. The normalized spacial score (nSPS) is 11.8. The molecule has 0 aliphatic heterocycles. The topological polar surface area (TPSA) is 85.5 Å². The van der Waals surface area contributed by atoms with E-state index in [0.29, 0.717) is 21.8 Å². The SMILES string of the molecule is COc1ccc(-c2noc(CN(C)S(=O)(=O)c3c(C)cc(C)cc3C)n2)cc1. The summed E-state index contributed by atoms with van der Waals surface area (Å²) in [7, 11) is -0.593. The van der Waals surface area contributed by atoms with Gasteiger partial charge >= 0.3 is 0 Å². The molecule has 0 aliphatic rings. The molecule has 0 unspecified atom stereocenters. The average Bonchev–Trinajstić information content (AvgIpc) is 3.09. The van der Waals surface area contributed by atoms with E-state index in [1.165, 1.54) is 11.4 Å². The van der Waals surface area contributed by atoms with Crippen LogP contribution in [0.3, 0.4) is 0 Å². The molecule has 0 N–H and O–H groups in total. The highest BCUT2D eigenvalue weighted by molar-refractivity contribution is 7.89. The van der Waals surface area contributed by atoms with E-state index in [4.69, 9.17) is 9.26 Å². The van der Waals surface area contributed by atoms with Crippen molar-refractivity contribution in [2.75, 3.05) is 14.2 Å². The molecule has 1 aromatic heterocycles. The molecule has 8 heteroatoms. The maximum absolute atomic E-state index is 13.1. The number of hydrogen-bond donors (Lipinski definition) is 0. The molecule has 0 aliphatic carbocycles. The first-order chi connectivity index (χ1) is 13.2. The van der Waals surface area contributed by atoms with E-state index in [2.05, 4.69) is 10.1 Å². The summed E-state index contributed by atoms with van der Waals surface area (Å²) in [6.07, 6.45) is 0. The van der Waals surface area contributed by atoms with Crippen LogP contribution in [0.5, 0.6) is 5.75 Å². The first-order valence-corrected chi connectivity index (χ1v) is 10.2. The van der Waals surface area contributed by atoms with E-state index < -0.39 is 10.0 Å². The molecule has 0 radical (unpaired) electrons. The van der Waals surface area contributed by atoms with Crippen molar-refractivity contribution in [3.05, 3.63) is 59.0 Å². The van der Waals surface area contributed by atoms with Crippen LogP contribution < -0.4 is 4.74 Å². The fourth-order valence-electron chi connectivity index (χ4n) is 3.18. The molecule has 0 amide bonds. The van der Waals surface area contributed by atoms with Crippen LogP contribution in [0.2, 0.25) is 0 Å². The van der Waals surface area contributed by atoms with Crippen molar-refractivity contribution in [1.29, 1.82) is 0 Å². The van der Waals surface area contributed by atoms with Gasteiger partial charge in [-0.15, -0.1) is 0 Å². The number of benzene rings is 2. The van der Waals surface area contributed by atoms with Gasteiger partial charge in [0, 0.05) is 12.6 Å². The van der Waals surface area contributed by atoms with E-state index in [0.717, 1.165) is 16.9 Å². The number of ether oxygens (including phenoxy) is 1. The molecule has 2 aromatic carbocycles. The Labute approximate surface area is 165 Å². The summed E-state index contributed by atoms with van der Waals surface area (Å²) in [5.41, 5.74) is 3.21. The number of rotatable bonds is 6. The average molecular weight is 401 g/mol. The summed E-state index contributed by atoms with van der Waals surface area (Å²) < 4.78 is 37.7. The summed E-state index contributed by atoms with van der Waals surface area (Å²) >= 11 is 0. The highest BCUT2D eigenvalue weighted by atomic mass is 32.2. The largest absolute Gasteiger partial charge is 0.497 e. The van der Waals surface area contributed by atoms with Crippen LogP contribution >= 0.6 is 0 Å². The molecular formula is C20H23N3O4S. The summed E-state index contributed by atoms with van der Waals surface area (Å²) in [5.74, 6) is 1.34. The number of aryl methyl sites for hydroxylation is 3. The molecule has 0 saturated heterocycles. The minimum Gasteiger partial charge on any atom is -0.497 e. The number of nitrogens with zero attached hydrogens (tertiary/aromatic N) is 3. The lowest BCUT2D eigenvalue weighted by molar-refractivity contribution is 0.336. The Hall–Kier alpha value is -2.71. The zero-order valence-corrected chi connectivity index (χ0v) is 17.4. The quantitative estimate of drug-likeness (QED) is 0.628. The highest BCUT2D eigenvalue weighted by Gasteiger charge is 2.26. The Morgan fingerprint density at radius 1 is 1.07 bits per heavy atom. The molecule has 3 rings (SSSR count). The first kappa shape index (κ1) is 20.0. The molecule has 28 heavy (non-hydrogen) atoms. The van der Waals surface area contributed by atoms with E-state index in [-0.39, 0.29) is 12.4 Å². The summed E-state index contributed by atoms with van der Waals surface area (Å²) in [4.78, 5) is 4.63. The van der Waals surface area contributed by atoms with Gasteiger partial charge in [0.15, 0.2) is 0 Å². The lowest BCUT2D eigenvalue weighted by Crippen LogP contribution is -2.28. The third-order valence-corrected chi connectivity index (χ3v) is 6.56. The smallest absolute Gasteiger partial charge is 0.243 e. The van der Waals surface area contributed by atoms with Gasteiger partial charge in [0.25, 0.3) is 0 Å². The van der Waals surface area contributed by atoms with Gasteiger partial charge < -0.3 is 9.26 Å². The first-order valence-electron chi connectivity index (χ1n) is 8.73. The summed E-state index contributed by atoms with van der Waals surface area (Å²) in [6, 6.07) is 10.9. The zero-order valence-electron chi connectivity index (χ0n) is 16.6. The van der Waals surface area contributed by atoms with Crippen LogP contribution in [0.25, 0.3) is 11.4 Å². The molecule has 0 bridgehead atoms. The molecule has 1 heterocycles. The van der Waals surface area contributed by atoms with Crippen molar-refractivity contribution in [1.82, 2.24) is 14.4 Å². The molecule has 7 nitrogen and oxygen atoms in total. The lowest BCUT2D eigenvalue weighted by atomic mass is 10.1. The third kappa shape index (κ3) is 3.93. The van der Waals surface area contributed by atoms with Gasteiger partial charge in [0.1, 0.15) is 5.75 Å². The van der Waals surface area contributed by atoms with Crippen molar-refractivity contribution in [2.24, 2.45) is 0 Å². The van der Waals surface area contributed by atoms with Gasteiger partial charge in [-0.2, -0.15) is 9.29 Å². The van der Waals surface area contributed by atoms with Crippen molar-refractivity contribution in [3.8, 4) is 17.1 Å². The maximum Gasteiger partial charge on any atom is 0.243 e. The van der Waals surface area contributed by atoms with Gasteiger partial charge in [0.05, 0.1) is 18.6 Å². The van der Waals surface area contributed by atoms with Crippen molar-refractivity contribution >= 4 is 10.0 Å². The van der Waals surface area contributed by atoms with Crippen molar-refractivity contribution in [2.45, 2.75) is 32.2 Å². The minimum absolute atomic E-state index is 0.0156. The van der Waals surface area contributed by atoms with Gasteiger partial charge in [-0.3, -0.25) is 0 Å². The van der Waals surface area contributed by atoms with Crippen LogP contribution in [0.4, 0.5) is 0 Å². The molecule has 0 saturated carbocycles. The van der Waals surface area contributed by atoms with Crippen LogP contribution in [-0.4, -0.2) is 37.0 Å². The fourth-order valence-corrected chi connectivity index (χ4v) is 4.71. The molecule has 0 fully saturated rings. The van der Waals surface area contributed by atoms with E-state index >= 15 is 0 Å². The number of hydrogen-bond acceptors (Lipinski definition) is 6. The van der Waals surface area contributed by atoms with E-state index in [9.17, 15) is 8.42 Å². The second-order valence-electron chi connectivity index (χ2n) is 6.73. The van der Waals surface area contributed by atoms with Gasteiger partial charge in [-0.05, 0) is 56.2 Å². The second-order valence-corrected chi connectivity index (χ2v) is 8.71. The fraction of sp³-hybridized carbons (Fsp3) is 0.300. The monoisotopic (exact) mass is 401 g/mol. The Kier molecular flexibility index (Phi) is 5.53. The molecule has 0 spiro atoms. The Morgan fingerprint density at radius 2 is 1.68 bits per heavy atom. The van der Waals surface area contributed by atoms with Crippen molar-refractivity contribution < 1.29 is 17.7 Å². The predicted molar refractivity (Wildman–Crippen MR) is 106 cm³/mol. The minimum atomic E-state index is -3.69. The number of methoxy groups -OCH3 is 1. The van der Waals surface area contributed by atoms with Crippen molar-refractivity contribution in [3.63, 3.8) is 0 Å².